The number of alkyl halides is 2. The molecule has 0 saturated carbocycles. The molecular weight excluding hydrogens is 468 g/mol. The Kier molecular flexibility index (Phi) is 3.44. The predicted molar refractivity (Wildman–Crippen MR) is 113 cm³/mol. The van der Waals surface area contributed by atoms with Crippen LogP contribution in [-0.4, -0.2) is 19.9 Å². The molecule has 2 bridgehead atoms. The fourth-order valence-electron chi connectivity index (χ4n) is 4.55. The van der Waals surface area contributed by atoms with E-state index >= 15 is 0 Å². The number of nitrogens with zero attached hydrogens (tertiary/aromatic N) is 4. The summed E-state index contributed by atoms with van der Waals surface area (Å²) in [6.45, 7) is 0. The van der Waals surface area contributed by atoms with Crippen LogP contribution in [0.4, 0.5) is 0 Å². The average molecular weight is 482 g/mol. The maximum atomic E-state index is 4.97. The van der Waals surface area contributed by atoms with Crippen molar-refractivity contribution in [2.75, 3.05) is 0 Å². The van der Waals surface area contributed by atoms with Crippen LogP contribution in [0.5, 0.6) is 0 Å². The zero-order chi connectivity index (χ0) is 18.1. The summed E-state index contributed by atoms with van der Waals surface area (Å²) in [6.07, 6.45) is 4.64. The van der Waals surface area contributed by atoms with Crippen molar-refractivity contribution in [1.29, 1.82) is 0 Å². The predicted octanol–water partition coefficient (Wildman–Crippen LogP) is 5.73. The first-order valence-corrected chi connectivity index (χ1v) is 10.8. The molecular formula is C21H14Br2N4. The molecule has 0 fully saturated rings. The van der Waals surface area contributed by atoms with Gasteiger partial charge in [0.2, 0.25) is 0 Å². The smallest absolute Gasteiger partial charge is 0.159 e. The van der Waals surface area contributed by atoms with Gasteiger partial charge in [-0.15, -0.1) is 0 Å². The normalized spacial score (nSPS) is 26.0. The number of hydrogen-bond donors (Lipinski definition) is 0. The van der Waals surface area contributed by atoms with E-state index in [0.717, 1.165) is 39.9 Å². The van der Waals surface area contributed by atoms with Gasteiger partial charge in [0.05, 0.1) is 11.4 Å². The second-order valence-corrected chi connectivity index (χ2v) is 9.25. The molecule has 4 atom stereocenters. The van der Waals surface area contributed by atoms with E-state index in [0.29, 0.717) is 11.8 Å². The van der Waals surface area contributed by atoms with E-state index in [9.17, 15) is 0 Å². The molecule has 6 rings (SSSR count). The van der Waals surface area contributed by atoms with Crippen LogP contribution in [0.1, 0.15) is 50.4 Å². The molecule has 0 aromatic carbocycles. The summed E-state index contributed by atoms with van der Waals surface area (Å²) in [4.78, 5) is 19.2. The highest BCUT2D eigenvalue weighted by Crippen LogP contribution is 2.60. The van der Waals surface area contributed by atoms with Gasteiger partial charge in [-0.05, 0) is 53.9 Å². The van der Waals surface area contributed by atoms with Crippen molar-refractivity contribution in [3.05, 3.63) is 71.3 Å². The van der Waals surface area contributed by atoms with E-state index in [4.69, 9.17) is 9.97 Å². The van der Waals surface area contributed by atoms with Crippen LogP contribution in [-0.2, 0) is 0 Å². The SMILES string of the molecule is Br[C@H]1c2cc3cccnc3nc2[C@H]2C[C@@H]1c1nc3ncccc3cc1[C@@H]2Br. The molecule has 0 radical (unpaired) electrons. The first kappa shape index (κ1) is 16.1. The van der Waals surface area contributed by atoms with E-state index in [1.807, 2.05) is 24.5 Å². The number of halogens is 2. The molecule has 132 valence electrons. The average Bonchev–Trinajstić information content (AvgIpc) is 2.71. The molecule has 0 N–H and O–H groups in total. The summed E-state index contributed by atoms with van der Waals surface area (Å²) in [5.74, 6) is 0.627. The van der Waals surface area contributed by atoms with Gasteiger partial charge in [-0.1, -0.05) is 31.9 Å². The lowest BCUT2D eigenvalue weighted by atomic mass is 9.69. The largest absolute Gasteiger partial charge is 0.237 e. The number of hydrogen-bond acceptors (Lipinski definition) is 4. The van der Waals surface area contributed by atoms with Gasteiger partial charge < -0.3 is 0 Å². The molecule has 2 aliphatic carbocycles. The number of pyridine rings is 4. The van der Waals surface area contributed by atoms with Gasteiger partial charge in [0, 0.05) is 44.7 Å². The molecule has 0 unspecified atom stereocenters. The minimum atomic E-state index is 0.188. The lowest BCUT2D eigenvalue weighted by molar-refractivity contribution is 0.436. The van der Waals surface area contributed by atoms with Crippen molar-refractivity contribution in [2.45, 2.75) is 27.9 Å². The Hall–Kier alpha value is -1.92. The Bertz CT molecular complexity index is 1130. The summed E-state index contributed by atoms with van der Waals surface area (Å²) >= 11 is 7.96. The van der Waals surface area contributed by atoms with Crippen LogP contribution in [0.3, 0.4) is 0 Å². The number of rotatable bonds is 0. The highest BCUT2D eigenvalue weighted by Gasteiger charge is 2.45. The number of aromatic nitrogens is 4. The van der Waals surface area contributed by atoms with Crippen LogP contribution in [0.15, 0.2) is 48.8 Å². The zero-order valence-corrected chi connectivity index (χ0v) is 17.4. The first-order valence-electron chi connectivity index (χ1n) is 9.00. The van der Waals surface area contributed by atoms with Crippen LogP contribution in [0.2, 0.25) is 0 Å². The molecule has 0 spiro atoms. The third kappa shape index (κ3) is 2.26. The summed E-state index contributed by atoms with van der Waals surface area (Å²) < 4.78 is 0. The Morgan fingerprint density at radius 2 is 1.22 bits per heavy atom. The van der Waals surface area contributed by atoms with Crippen molar-refractivity contribution in [2.24, 2.45) is 0 Å². The fourth-order valence-corrected chi connectivity index (χ4v) is 6.22. The Labute approximate surface area is 172 Å². The minimum absolute atomic E-state index is 0.188. The topological polar surface area (TPSA) is 51.6 Å². The lowest BCUT2D eigenvalue weighted by Gasteiger charge is -2.42. The van der Waals surface area contributed by atoms with Crippen LogP contribution in [0.25, 0.3) is 22.1 Å². The highest BCUT2D eigenvalue weighted by atomic mass is 79.9. The summed E-state index contributed by atoms with van der Waals surface area (Å²) in [7, 11) is 0. The van der Waals surface area contributed by atoms with Crippen molar-refractivity contribution in [1.82, 2.24) is 19.9 Å². The quantitative estimate of drug-likeness (QED) is 0.301. The first-order chi connectivity index (χ1) is 13.2. The van der Waals surface area contributed by atoms with Gasteiger partial charge in [0.25, 0.3) is 0 Å². The molecule has 4 aromatic rings. The number of fused-ring (bicyclic) bond motifs is 8. The third-order valence-corrected chi connectivity index (χ3v) is 8.07. The molecule has 6 heteroatoms. The molecule has 27 heavy (non-hydrogen) atoms. The van der Waals surface area contributed by atoms with E-state index < -0.39 is 0 Å². The fraction of sp³-hybridized carbons (Fsp3) is 0.238. The molecule has 0 saturated heterocycles. The van der Waals surface area contributed by atoms with E-state index in [-0.39, 0.29) is 9.65 Å². The standard InChI is InChI=1S/C21H14Br2N4/c22-16-12-7-10-3-1-5-24-20(10)26-18(12)15-9-14(16)19-13(17(15)23)8-11-4-2-6-25-21(11)27-19/h1-8,14-17H,9H2/t14-,15-,16-,17-/m0/s1. The van der Waals surface area contributed by atoms with E-state index in [2.05, 4.69) is 66.1 Å². The zero-order valence-electron chi connectivity index (χ0n) is 14.2. The van der Waals surface area contributed by atoms with Gasteiger partial charge in [0.15, 0.2) is 11.3 Å². The van der Waals surface area contributed by atoms with E-state index in [1.165, 1.54) is 11.1 Å². The van der Waals surface area contributed by atoms with Gasteiger partial charge in [-0.3, -0.25) is 0 Å². The lowest BCUT2D eigenvalue weighted by Crippen LogP contribution is -2.29. The highest BCUT2D eigenvalue weighted by molar-refractivity contribution is 9.09. The maximum Gasteiger partial charge on any atom is 0.159 e. The van der Waals surface area contributed by atoms with Crippen molar-refractivity contribution in [3.63, 3.8) is 0 Å². The Balaban J connectivity index is 1.61. The Morgan fingerprint density at radius 3 is 1.70 bits per heavy atom. The van der Waals surface area contributed by atoms with Gasteiger partial charge in [-0.2, -0.15) is 0 Å². The summed E-state index contributed by atoms with van der Waals surface area (Å²) in [5.41, 5.74) is 6.46. The monoisotopic (exact) mass is 480 g/mol. The van der Waals surface area contributed by atoms with Crippen LogP contribution < -0.4 is 0 Å². The maximum absolute atomic E-state index is 4.97. The van der Waals surface area contributed by atoms with Crippen LogP contribution in [0, 0.1) is 0 Å². The van der Waals surface area contributed by atoms with Crippen molar-refractivity contribution < 1.29 is 0 Å². The Morgan fingerprint density at radius 1 is 0.741 bits per heavy atom. The molecule has 0 aliphatic heterocycles. The molecule has 4 heterocycles. The van der Waals surface area contributed by atoms with Crippen LogP contribution >= 0.6 is 31.9 Å². The van der Waals surface area contributed by atoms with Crippen molar-refractivity contribution in [3.8, 4) is 0 Å². The van der Waals surface area contributed by atoms with Gasteiger partial charge in [-0.25, -0.2) is 19.9 Å². The third-order valence-electron chi connectivity index (χ3n) is 5.81. The second kappa shape index (κ2) is 5.79. The van der Waals surface area contributed by atoms with Gasteiger partial charge in [0.1, 0.15) is 0 Å². The van der Waals surface area contributed by atoms with Gasteiger partial charge >= 0.3 is 0 Å². The molecule has 4 nitrogen and oxygen atoms in total. The molecule has 4 aromatic heterocycles. The molecule has 0 amide bonds. The van der Waals surface area contributed by atoms with E-state index in [1.54, 1.807) is 0 Å². The summed E-state index contributed by atoms with van der Waals surface area (Å²) in [6, 6.07) is 12.6. The second-order valence-electron chi connectivity index (χ2n) is 7.28. The summed E-state index contributed by atoms with van der Waals surface area (Å²) in [5, 5.41) is 2.17. The molecule has 2 aliphatic rings. The minimum Gasteiger partial charge on any atom is -0.237 e. The van der Waals surface area contributed by atoms with Crippen molar-refractivity contribution >= 4 is 53.9 Å².